The van der Waals surface area contributed by atoms with Gasteiger partial charge in [-0.25, -0.2) is 0 Å². The lowest BCUT2D eigenvalue weighted by molar-refractivity contribution is -0.123. The number of ether oxygens (including phenoxy) is 1. The van der Waals surface area contributed by atoms with E-state index in [0.29, 0.717) is 0 Å². The zero-order valence-corrected chi connectivity index (χ0v) is 15.7. The summed E-state index contributed by atoms with van der Waals surface area (Å²) in [5.41, 5.74) is 15.7. The molecule has 0 saturated carbocycles. The standard InChI is InChI=1S/C21H29N3O2/c1-3-15-5-4-6-17(19(15)22)16-7-8-21(2,18(13-16)20(23)25)14-24-9-11-26-12-10-24/h4-8,13,18H,3,9-12,14,22H2,1-2H3,(H2,23,25). The summed E-state index contributed by atoms with van der Waals surface area (Å²) in [6.45, 7) is 8.23. The van der Waals surface area contributed by atoms with Crippen molar-refractivity contribution in [2.45, 2.75) is 20.3 Å². The number of anilines is 1. The molecule has 1 saturated heterocycles. The SMILES string of the molecule is CCc1cccc(C2=CC(C(N)=O)C(C)(CN3CCOCC3)C=C2)c1N. The van der Waals surface area contributed by atoms with Gasteiger partial charge in [-0.3, -0.25) is 9.69 Å². The van der Waals surface area contributed by atoms with E-state index in [1.165, 1.54) is 0 Å². The largest absolute Gasteiger partial charge is 0.398 e. The minimum atomic E-state index is -0.366. The Morgan fingerprint density at radius 1 is 1.35 bits per heavy atom. The Balaban J connectivity index is 1.90. The van der Waals surface area contributed by atoms with Crippen LogP contribution in [0.1, 0.15) is 25.0 Å². The molecule has 2 aliphatic rings. The number of allylic oxidation sites excluding steroid dienone is 2. The van der Waals surface area contributed by atoms with Gasteiger partial charge in [-0.1, -0.05) is 50.3 Å². The number of hydrogen-bond acceptors (Lipinski definition) is 4. The number of rotatable bonds is 5. The number of carbonyl (C=O) groups excluding carboxylic acids is 1. The van der Waals surface area contributed by atoms with E-state index in [1.54, 1.807) is 0 Å². The summed E-state index contributed by atoms with van der Waals surface area (Å²) in [4.78, 5) is 14.6. The van der Waals surface area contributed by atoms with E-state index in [9.17, 15) is 4.79 Å². The molecule has 1 aliphatic carbocycles. The van der Waals surface area contributed by atoms with Gasteiger partial charge >= 0.3 is 0 Å². The molecule has 0 spiro atoms. The quantitative estimate of drug-likeness (QED) is 0.794. The van der Waals surface area contributed by atoms with E-state index < -0.39 is 0 Å². The van der Waals surface area contributed by atoms with Gasteiger partial charge in [-0.15, -0.1) is 0 Å². The number of aryl methyl sites for hydroxylation is 1. The summed E-state index contributed by atoms with van der Waals surface area (Å²) in [5, 5.41) is 0. The number of nitrogen functional groups attached to an aromatic ring is 1. The third-order valence-electron chi connectivity index (χ3n) is 5.56. The third-order valence-corrected chi connectivity index (χ3v) is 5.56. The van der Waals surface area contributed by atoms with Gasteiger partial charge in [0.25, 0.3) is 0 Å². The number of morpholine rings is 1. The number of hydrogen-bond donors (Lipinski definition) is 2. The molecule has 140 valence electrons. The maximum Gasteiger partial charge on any atom is 0.225 e. The second-order valence-electron chi connectivity index (χ2n) is 7.46. The number of nitrogens with zero attached hydrogens (tertiary/aromatic N) is 1. The molecule has 3 rings (SSSR count). The molecule has 0 radical (unpaired) electrons. The fourth-order valence-electron chi connectivity index (χ4n) is 3.96. The fourth-order valence-corrected chi connectivity index (χ4v) is 3.96. The van der Waals surface area contributed by atoms with Crippen LogP contribution in [0, 0.1) is 11.3 Å². The molecule has 1 aliphatic heterocycles. The van der Waals surface area contributed by atoms with Gasteiger partial charge in [0.15, 0.2) is 0 Å². The Bertz CT molecular complexity index is 735. The summed E-state index contributed by atoms with van der Waals surface area (Å²) in [6, 6.07) is 6.06. The summed E-state index contributed by atoms with van der Waals surface area (Å²) in [6.07, 6.45) is 7.09. The summed E-state index contributed by atoms with van der Waals surface area (Å²) in [7, 11) is 0. The van der Waals surface area contributed by atoms with E-state index >= 15 is 0 Å². The zero-order valence-electron chi connectivity index (χ0n) is 15.7. The van der Waals surface area contributed by atoms with Crippen LogP contribution >= 0.6 is 0 Å². The lowest BCUT2D eigenvalue weighted by atomic mass is 9.71. The van der Waals surface area contributed by atoms with Crippen molar-refractivity contribution in [3.05, 3.63) is 47.6 Å². The second-order valence-corrected chi connectivity index (χ2v) is 7.46. The van der Waals surface area contributed by atoms with Crippen molar-refractivity contribution in [2.24, 2.45) is 17.1 Å². The molecule has 0 aromatic heterocycles. The maximum absolute atomic E-state index is 12.3. The highest BCUT2D eigenvalue weighted by molar-refractivity contribution is 5.89. The molecule has 0 bridgehead atoms. The highest BCUT2D eigenvalue weighted by Crippen LogP contribution is 2.40. The van der Waals surface area contributed by atoms with Crippen LogP contribution in [0.5, 0.6) is 0 Å². The monoisotopic (exact) mass is 355 g/mol. The molecule has 1 heterocycles. The Labute approximate surface area is 155 Å². The third kappa shape index (κ3) is 3.69. The van der Waals surface area contributed by atoms with E-state index in [1.807, 2.05) is 24.3 Å². The summed E-state index contributed by atoms with van der Waals surface area (Å²) >= 11 is 0. The smallest absolute Gasteiger partial charge is 0.225 e. The molecular weight excluding hydrogens is 326 g/mol. The second kappa shape index (κ2) is 7.64. The van der Waals surface area contributed by atoms with Crippen molar-refractivity contribution in [3.8, 4) is 0 Å². The fraction of sp³-hybridized carbons (Fsp3) is 0.476. The average Bonchev–Trinajstić information content (AvgIpc) is 2.63. The number of carbonyl (C=O) groups is 1. The van der Waals surface area contributed by atoms with Crippen molar-refractivity contribution in [1.29, 1.82) is 0 Å². The molecule has 1 aromatic rings. The van der Waals surface area contributed by atoms with E-state index in [-0.39, 0.29) is 17.2 Å². The molecule has 1 amide bonds. The van der Waals surface area contributed by atoms with Crippen LogP contribution in [0.3, 0.4) is 0 Å². The Morgan fingerprint density at radius 2 is 2.08 bits per heavy atom. The van der Waals surface area contributed by atoms with E-state index in [2.05, 4.69) is 30.9 Å². The molecule has 1 aromatic carbocycles. The van der Waals surface area contributed by atoms with Crippen LogP contribution in [0.15, 0.2) is 36.4 Å². The zero-order chi connectivity index (χ0) is 18.7. The van der Waals surface area contributed by atoms with E-state index in [4.69, 9.17) is 16.2 Å². The van der Waals surface area contributed by atoms with Crippen LogP contribution in [0.4, 0.5) is 5.69 Å². The summed E-state index contributed by atoms with van der Waals surface area (Å²) < 4.78 is 5.43. The van der Waals surface area contributed by atoms with Gasteiger partial charge in [0, 0.05) is 36.3 Å². The van der Waals surface area contributed by atoms with Crippen molar-refractivity contribution in [1.82, 2.24) is 4.90 Å². The summed E-state index contributed by atoms with van der Waals surface area (Å²) in [5.74, 6) is -0.664. The van der Waals surface area contributed by atoms with Gasteiger partial charge in [-0.2, -0.15) is 0 Å². The predicted molar refractivity (Wildman–Crippen MR) is 105 cm³/mol. The van der Waals surface area contributed by atoms with Gasteiger partial charge in [-0.05, 0) is 17.6 Å². The van der Waals surface area contributed by atoms with Gasteiger partial charge < -0.3 is 16.2 Å². The van der Waals surface area contributed by atoms with Crippen LogP contribution in [0.2, 0.25) is 0 Å². The minimum Gasteiger partial charge on any atom is -0.398 e. The highest BCUT2D eigenvalue weighted by Gasteiger charge is 2.38. The Hall–Kier alpha value is -2.11. The topological polar surface area (TPSA) is 81.6 Å². The van der Waals surface area contributed by atoms with Gasteiger partial charge in [0.1, 0.15) is 0 Å². The number of nitrogens with two attached hydrogens (primary N) is 2. The Kier molecular flexibility index (Phi) is 5.49. The number of primary amides is 1. The molecule has 1 fully saturated rings. The van der Waals surface area contributed by atoms with Crippen molar-refractivity contribution >= 4 is 17.2 Å². The first-order valence-electron chi connectivity index (χ1n) is 9.33. The first-order chi connectivity index (χ1) is 12.4. The van der Waals surface area contributed by atoms with Crippen LogP contribution < -0.4 is 11.5 Å². The molecule has 5 nitrogen and oxygen atoms in total. The van der Waals surface area contributed by atoms with Crippen molar-refractivity contribution in [3.63, 3.8) is 0 Å². The predicted octanol–water partition coefficient (Wildman–Crippen LogP) is 2.22. The first kappa shape index (κ1) is 18.7. The molecular formula is C21H29N3O2. The molecule has 5 heteroatoms. The maximum atomic E-state index is 12.3. The molecule has 2 unspecified atom stereocenters. The van der Waals surface area contributed by atoms with Crippen LogP contribution in [-0.4, -0.2) is 43.7 Å². The highest BCUT2D eigenvalue weighted by atomic mass is 16.5. The molecule has 4 N–H and O–H groups in total. The van der Waals surface area contributed by atoms with Gasteiger partial charge in [0.2, 0.25) is 5.91 Å². The molecule has 26 heavy (non-hydrogen) atoms. The Morgan fingerprint density at radius 3 is 2.73 bits per heavy atom. The van der Waals surface area contributed by atoms with E-state index in [0.717, 1.165) is 61.7 Å². The van der Waals surface area contributed by atoms with Crippen molar-refractivity contribution in [2.75, 3.05) is 38.6 Å². The molecule has 2 atom stereocenters. The van der Waals surface area contributed by atoms with Gasteiger partial charge in [0.05, 0.1) is 19.1 Å². The van der Waals surface area contributed by atoms with Crippen LogP contribution in [0.25, 0.3) is 5.57 Å². The average molecular weight is 355 g/mol. The minimum absolute atomic E-state index is 0.298. The lowest BCUT2D eigenvalue weighted by Crippen LogP contribution is -2.47. The number of benzene rings is 1. The van der Waals surface area contributed by atoms with Crippen molar-refractivity contribution < 1.29 is 9.53 Å². The van der Waals surface area contributed by atoms with Crippen LogP contribution in [-0.2, 0) is 16.0 Å². The number of amides is 1. The lowest BCUT2D eigenvalue weighted by Gasteiger charge is -2.40. The number of para-hydroxylation sites is 1. The first-order valence-corrected chi connectivity index (χ1v) is 9.33. The normalized spacial score (nSPS) is 26.5.